The molecule has 0 unspecified atom stereocenters. The lowest BCUT2D eigenvalue weighted by molar-refractivity contribution is 0.0799. The summed E-state index contributed by atoms with van der Waals surface area (Å²) in [5.41, 5.74) is 9.63. The lowest BCUT2D eigenvalue weighted by atomic mass is 9.88. The monoisotopic (exact) mass is 314 g/mol. The largest absolute Gasteiger partial charge is 0.445 e. The normalized spacial score (nSPS) is 16.3. The van der Waals surface area contributed by atoms with E-state index in [4.69, 9.17) is 10.3 Å². The number of azide groups is 1. The van der Waals surface area contributed by atoms with Crippen LogP contribution < -0.4 is 0 Å². The first-order valence-electron chi connectivity index (χ1n) is 7.85. The van der Waals surface area contributed by atoms with Gasteiger partial charge < -0.3 is 9.64 Å². The Morgan fingerprint density at radius 1 is 1.43 bits per heavy atom. The Morgan fingerprint density at radius 3 is 2.74 bits per heavy atom. The lowest BCUT2D eigenvalue weighted by Gasteiger charge is -2.33. The van der Waals surface area contributed by atoms with Crippen LogP contribution in [0.2, 0.25) is 0 Å². The molecule has 6 heteroatoms. The average Bonchev–Trinajstić information content (AvgIpc) is 2.60. The Hall–Kier alpha value is -2.46. The molecule has 1 aromatic rings. The van der Waals surface area contributed by atoms with Gasteiger partial charge in [-0.25, -0.2) is 4.79 Å². The summed E-state index contributed by atoms with van der Waals surface area (Å²) in [6.07, 6.45) is 3.81. The van der Waals surface area contributed by atoms with Gasteiger partial charge in [-0.2, -0.15) is 0 Å². The van der Waals surface area contributed by atoms with Gasteiger partial charge in [-0.15, -0.1) is 6.58 Å². The molecule has 1 amide bonds. The molecule has 0 spiro atoms. The Bertz CT molecular complexity index is 561. The second kappa shape index (κ2) is 8.86. The van der Waals surface area contributed by atoms with Crippen molar-refractivity contribution in [3.05, 3.63) is 59.0 Å². The van der Waals surface area contributed by atoms with Crippen LogP contribution in [-0.2, 0) is 11.3 Å². The summed E-state index contributed by atoms with van der Waals surface area (Å²) in [7, 11) is 0. The van der Waals surface area contributed by atoms with E-state index in [0.717, 1.165) is 18.4 Å². The van der Waals surface area contributed by atoms with Crippen molar-refractivity contribution in [1.82, 2.24) is 4.90 Å². The van der Waals surface area contributed by atoms with Gasteiger partial charge in [-0.05, 0) is 36.3 Å². The van der Waals surface area contributed by atoms with E-state index >= 15 is 0 Å². The summed E-state index contributed by atoms with van der Waals surface area (Å²) in [6.45, 7) is 5.26. The van der Waals surface area contributed by atoms with Gasteiger partial charge in [0.15, 0.2) is 0 Å². The molecular weight excluding hydrogens is 292 g/mol. The topological polar surface area (TPSA) is 78.3 Å². The van der Waals surface area contributed by atoms with Crippen LogP contribution in [0.15, 0.2) is 48.1 Å². The quantitative estimate of drug-likeness (QED) is 0.340. The maximum Gasteiger partial charge on any atom is 0.410 e. The summed E-state index contributed by atoms with van der Waals surface area (Å²) < 4.78 is 5.35. The maximum atomic E-state index is 12.1. The molecule has 0 N–H and O–H groups in total. The first-order chi connectivity index (χ1) is 11.2. The molecule has 0 aliphatic carbocycles. The van der Waals surface area contributed by atoms with Crippen LogP contribution in [0.3, 0.4) is 0 Å². The molecule has 0 bridgehead atoms. The summed E-state index contributed by atoms with van der Waals surface area (Å²) in [5.74, 6) is 0.294. The maximum absolute atomic E-state index is 12.1. The van der Waals surface area contributed by atoms with Crippen LogP contribution in [0.5, 0.6) is 0 Å². The van der Waals surface area contributed by atoms with Gasteiger partial charge in [-0.1, -0.05) is 41.5 Å². The predicted octanol–water partition coefficient (Wildman–Crippen LogP) is 4.29. The number of rotatable bonds is 6. The van der Waals surface area contributed by atoms with Gasteiger partial charge in [0.25, 0.3) is 0 Å². The first kappa shape index (κ1) is 16.9. The number of amides is 1. The third-order valence-corrected chi connectivity index (χ3v) is 4.16. The molecule has 6 nitrogen and oxygen atoms in total. The van der Waals surface area contributed by atoms with Crippen molar-refractivity contribution >= 4 is 6.09 Å². The minimum atomic E-state index is -0.281. The predicted molar refractivity (Wildman–Crippen MR) is 88.7 cm³/mol. The number of nitrogens with zero attached hydrogens (tertiary/aromatic N) is 4. The van der Waals surface area contributed by atoms with Gasteiger partial charge in [0.1, 0.15) is 6.61 Å². The number of carbonyl (C=O) groups excluding carboxylic acids is 1. The first-order valence-corrected chi connectivity index (χ1v) is 7.85. The average molecular weight is 314 g/mol. The van der Waals surface area contributed by atoms with Gasteiger partial charge in [-0.3, -0.25) is 0 Å². The Balaban J connectivity index is 1.80. The van der Waals surface area contributed by atoms with E-state index in [1.54, 1.807) is 11.0 Å². The Labute approximate surface area is 136 Å². The molecule has 2 rings (SSSR count). The second-order valence-corrected chi connectivity index (χ2v) is 5.66. The fourth-order valence-electron chi connectivity index (χ4n) is 2.85. The molecule has 1 saturated heterocycles. The molecule has 1 aliphatic heterocycles. The highest BCUT2D eigenvalue weighted by Gasteiger charge is 2.28. The lowest BCUT2D eigenvalue weighted by Crippen LogP contribution is -2.41. The molecule has 23 heavy (non-hydrogen) atoms. The molecule has 0 radical (unpaired) electrons. The number of hydrogen-bond donors (Lipinski definition) is 0. The van der Waals surface area contributed by atoms with Crippen molar-refractivity contribution < 1.29 is 9.53 Å². The minimum absolute atomic E-state index is 0.0695. The SMILES string of the molecule is C=CC[C@@H](N=[N+]=[N-])C1CCN(C(=O)OCc2ccccc2)CC1. The summed E-state index contributed by atoms with van der Waals surface area (Å²) >= 11 is 0. The third-order valence-electron chi connectivity index (χ3n) is 4.16. The van der Waals surface area contributed by atoms with Crippen LogP contribution in [0.1, 0.15) is 24.8 Å². The summed E-state index contributed by atoms with van der Waals surface area (Å²) in [4.78, 5) is 16.7. The molecular formula is C17H22N4O2. The van der Waals surface area contributed by atoms with Crippen molar-refractivity contribution in [2.75, 3.05) is 13.1 Å². The zero-order valence-electron chi connectivity index (χ0n) is 13.2. The molecule has 1 atom stereocenters. The van der Waals surface area contributed by atoms with Crippen molar-refractivity contribution in [3.63, 3.8) is 0 Å². The molecule has 122 valence electrons. The summed E-state index contributed by atoms with van der Waals surface area (Å²) in [5, 5.41) is 3.86. The third kappa shape index (κ3) is 5.04. The van der Waals surface area contributed by atoms with Gasteiger partial charge in [0, 0.05) is 24.0 Å². The van der Waals surface area contributed by atoms with Crippen molar-refractivity contribution in [3.8, 4) is 0 Å². The fraction of sp³-hybridized carbons (Fsp3) is 0.471. The standard InChI is InChI=1S/C17H22N4O2/c1-2-6-16(19-20-18)15-9-11-21(12-10-15)17(22)23-13-14-7-4-3-5-8-14/h2-5,7-8,15-16H,1,6,9-13H2/t16-/m1/s1. The Morgan fingerprint density at radius 2 is 2.13 bits per heavy atom. The van der Waals surface area contributed by atoms with E-state index in [1.807, 2.05) is 30.3 Å². The van der Waals surface area contributed by atoms with Crippen molar-refractivity contribution in [2.24, 2.45) is 11.0 Å². The molecule has 1 aromatic carbocycles. The van der Waals surface area contributed by atoms with E-state index in [1.165, 1.54) is 0 Å². The number of benzene rings is 1. The minimum Gasteiger partial charge on any atom is -0.445 e. The van der Waals surface area contributed by atoms with Crippen LogP contribution in [-0.4, -0.2) is 30.1 Å². The number of ether oxygens (including phenoxy) is 1. The van der Waals surface area contributed by atoms with Crippen LogP contribution in [0.4, 0.5) is 4.79 Å². The highest BCUT2D eigenvalue weighted by Crippen LogP contribution is 2.25. The molecule has 0 saturated carbocycles. The van der Waals surface area contributed by atoms with E-state index in [9.17, 15) is 4.79 Å². The highest BCUT2D eigenvalue weighted by molar-refractivity contribution is 5.67. The van der Waals surface area contributed by atoms with Gasteiger partial charge in [0.05, 0.1) is 0 Å². The van der Waals surface area contributed by atoms with Gasteiger partial charge in [0.2, 0.25) is 0 Å². The zero-order chi connectivity index (χ0) is 16.5. The number of hydrogen-bond acceptors (Lipinski definition) is 3. The van der Waals surface area contributed by atoms with E-state index in [-0.39, 0.29) is 18.7 Å². The zero-order valence-corrected chi connectivity index (χ0v) is 13.2. The Kier molecular flexibility index (Phi) is 6.51. The van der Waals surface area contributed by atoms with Crippen molar-refractivity contribution in [2.45, 2.75) is 31.9 Å². The molecule has 1 heterocycles. The second-order valence-electron chi connectivity index (χ2n) is 5.66. The van der Waals surface area contributed by atoms with E-state index in [0.29, 0.717) is 25.4 Å². The molecule has 1 aliphatic rings. The van der Waals surface area contributed by atoms with Crippen molar-refractivity contribution in [1.29, 1.82) is 0 Å². The number of piperidine rings is 1. The van der Waals surface area contributed by atoms with Crippen LogP contribution >= 0.6 is 0 Å². The number of likely N-dealkylation sites (tertiary alicyclic amines) is 1. The van der Waals surface area contributed by atoms with Crippen LogP contribution in [0.25, 0.3) is 10.4 Å². The van der Waals surface area contributed by atoms with E-state index in [2.05, 4.69) is 16.6 Å². The smallest absolute Gasteiger partial charge is 0.410 e. The summed E-state index contributed by atoms with van der Waals surface area (Å²) in [6, 6.07) is 9.56. The molecule has 0 aromatic heterocycles. The van der Waals surface area contributed by atoms with E-state index < -0.39 is 0 Å². The highest BCUT2D eigenvalue weighted by atomic mass is 16.6. The fourth-order valence-corrected chi connectivity index (χ4v) is 2.85. The van der Waals surface area contributed by atoms with Gasteiger partial charge >= 0.3 is 6.09 Å². The molecule has 1 fully saturated rings. The van der Waals surface area contributed by atoms with Crippen LogP contribution in [0, 0.1) is 5.92 Å². The number of carbonyl (C=O) groups is 1.